The van der Waals surface area contributed by atoms with Crippen molar-refractivity contribution in [2.24, 2.45) is 11.8 Å². The van der Waals surface area contributed by atoms with Crippen molar-refractivity contribution in [3.8, 4) is 0 Å². The van der Waals surface area contributed by atoms with Gasteiger partial charge in [-0.2, -0.15) is 0 Å². The van der Waals surface area contributed by atoms with Gasteiger partial charge in [0, 0.05) is 12.3 Å². The number of carbonyl (C=O) groups excluding carboxylic acids is 1. The molecule has 1 atom stereocenters. The molecule has 17 heavy (non-hydrogen) atoms. The van der Waals surface area contributed by atoms with Gasteiger partial charge in [0.2, 0.25) is 0 Å². The summed E-state index contributed by atoms with van der Waals surface area (Å²) in [4.78, 5) is 12.0. The van der Waals surface area contributed by atoms with E-state index in [-0.39, 0.29) is 0 Å². The van der Waals surface area contributed by atoms with Crippen molar-refractivity contribution in [2.75, 3.05) is 0 Å². The van der Waals surface area contributed by atoms with E-state index in [1.165, 1.54) is 37.7 Å². The van der Waals surface area contributed by atoms with Gasteiger partial charge < -0.3 is 0 Å². The average Bonchev–Trinajstić information content (AvgIpc) is 3.10. The first-order valence-corrected chi connectivity index (χ1v) is 7.13. The zero-order valence-corrected chi connectivity index (χ0v) is 11.2. The van der Waals surface area contributed by atoms with Crippen LogP contribution in [0, 0.1) is 11.8 Å². The van der Waals surface area contributed by atoms with Gasteiger partial charge in [0.1, 0.15) is 0 Å². The molecule has 2 aliphatic carbocycles. The highest BCUT2D eigenvalue weighted by Gasteiger charge is 2.37. The highest BCUT2D eigenvalue weighted by molar-refractivity contribution is 6.01. The summed E-state index contributed by atoms with van der Waals surface area (Å²) in [5.41, 5.74) is 2.37. The van der Waals surface area contributed by atoms with Crippen LogP contribution in [0.15, 0.2) is 23.3 Å². The Morgan fingerprint density at radius 1 is 1.35 bits per heavy atom. The van der Waals surface area contributed by atoms with Crippen LogP contribution in [0.2, 0.25) is 0 Å². The third kappa shape index (κ3) is 3.31. The van der Waals surface area contributed by atoms with Crippen molar-refractivity contribution in [2.45, 2.75) is 58.8 Å². The van der Waals surface area contributed by atoms with Crippen molar-refractivity contribution in [1.29, 1.82) is 0 Å². The SMILES string of the molecule is CC/C=C(\C)CC(=O)C1=CC1C1CCCCC1. The molecule has 1 heteroatoms. The Balaban J connectivity index is 1.79. The van der Waals surface area contributed by atoms with Crippen LogP contribution in [-0.4, -0.2) is 5.78 Å². The fraction of sp³-hybridized carbons (Fsp3) is 0.688. The molecule has 0 heterocycles. The van der Waals surface area contributed by atoms with E-state index in [2.05, 4.69) is 26.0 Å². The maximum atomic E-state index is 12.0. The second kappa shape index (κ2) is 5.66. The highest BCUT2D eigenvalue weighted by atomic mass is 16.1. The molecular formula is C16H24O. The molecule has 2 aliphatic rings. The fourth-order valence-corrected chi connectivity index (χ4v) is 3.08. The number of hydrogen-bond donors (Lipinski definition) is 0. The van der Waals surface area contributed by atoms with E-state index in [0.29, 0.717) is 18.1 Å². The predicted molar refractivity (Wildman–Crippen MR) is 71.8 cm³/mol. The number of ketones is 1. The van der Waals surface area contributed by atoms with E-state index < -0.39 is 0 Å². The molecular weight excluding hydrogens is 208 g/mol. The summed E-state index contributed by atoms with van der Waals surface area (Å²) < 4.78 is 0. The fourth-order valence-electron chi connectivity index (χ4n) is 3.08. The molecule has 0 saturated heterocycles. The van der Waals surface area contributed by atoms with Crippen molar-refractivity contribution >= 4 is 5.78 Å². The monoisotopic (exact) mass is 232 g/mol. The summed E-state index contributed by atoms with van der Waals surface area (Å²) in [6.45, 7) is 4.19. The van der Waals surface area contributed by atoms with Gasteiger partial charge in [0.25, 0.3) is 0 Å². The van der Waals surface area contributed by atoms with Gasteiger partial charge >= 0.3 is 0 Å². The summed E-state index contributed by atoms with van der Waals surface area (Å²) >= 11 is 0. The molecule has 2 rings (SSSR count). The van der Waals surface area contributed by atoms with Crippen LogP contribution in [0.1, 0.15) is 58.8 Å². The molecule has 0 radical (unpaired) electrons. The zero-order valence-electron chi connectivity index (χ0n) is 11.2. The van der Waals surface area contributed by atoms with Crippen LogP contribution < -0.4 is 0 Å². The molecule has 1 fully saturated rings. The molecule has 0 aromatic heterocycles. The van der Waals surface area contributed by atoms with Crippen LogP contribution >= 0.6 is 0 Å². The second-order valence-corrected chi connectivity index (χ2v) is 5.60. The van der Waals surface area contributed by atoms with Crippen LogP contribution in [0.5, 0.6) is 0 Å². The maximum Gasteiger partial charge on any atom is 0.163 e. The molecule has 1 nitrogen and oxygen atoms in total. The Kier molecular flexibility index (Phi) is 4.20. The van der Waals surface area contributed by atoms with Gasteiger partial charge in [0.05, 0.1) is 0 Å². The van der Waals surface area contributed by atoms with Crippen LogP contribution in [0.4, 0.5) is 0 Å². The van der Waals surface area contributed by atoms with E-state index in [4.69, 9.17) is 0 Å². The lowest BCUT2D eigenvalue weighted by Gasteiger charge is -2.21. The molecule has 1 saturated carbocycles. The van der Waals surface area contributed by atoms with Crippen LogP contribution in [-0.2, 0) is 4.79 Å². The van der Waals surface area contributed by atoms with E-state index >= 15 is 0 Å². The van der Waals surface area contributed by atoms with Gasteiger partial charge in [-0.15, -0.1) is 0 Å². The first-order chi connectivity index (χ1) is 8.22. The largest absolute Gasteiger partial charge is 0.294 e. The zero-order chi connectivity index (χ0) is 12.3. The molecule has 0 spiro atoms. The van der Waals surface area contributed by atoms with Gasteiger partial charge in [-0.1, -0.05) is 43.9 Å². The van der Waals surface area contributed by atoms with E-state index in [0.717, 1.165) is 17.9 Å². The number of carbonyl (C=O) groups is 1. The van der Waals surface area contributed by atoms with Gasteiger partial charge in [0.15, 0.2) is 5.78 Å². The number of rotatable bonds is 5. The minimum Gasteiger partial charge on any atom is -0.294 e. The summed E-state index contributed by atoms with van der Waals surface area (Å²) in [7, 11) is 0. The first-order valence-electron chi connectivity index (χ1n) is 7.13. The lowest BCUT2D eigenvalue weighted by atomic mass is 9.83. The molecule has 0 amide bonds. The van der Waals surface area contributed by atoms with Crippen molar-refractivity contribution < 1.29 is 4.79 Å². The number of hydrogen-bond acceptors (Lipinski definition) is 1. The normalized spacial score (nSPS) is 25.6. The Morgan fingerprint density at radius 2 is 2.06 bits per heavy atom. The molecule has 0 bridgehead atoms. The summed E-state index contributed by atoms with van der Waals surface area (Å²) in [5, 5.41) is 0. The van der Waals surface area contributed by atoms with Crippen LogP contribution in [0.3, 0.4) is 0 Å². The smallest absolute Gasteiger partial charge is 0.163 e. The van der Waals surface area contributed by atoms with Crippen molar-refractivity contribution in [3.63, 3.8) is 0 Å². The highest BCUT2D eigenvalue weighted by Crippen LogP contribution is 2.44. The Morgan fingerprint density at radius 3 is 2.71 bits per heavy atom. The number of Topliss-reactive ketones (excluding diaryl/α,β-unsaturated/α-hetero) is 1. The standard InChI is InChI=1S/C16H24O/c1-3-7-12(2)10-16(17)15-11-14(15)13-8-5-4-6-9-13/h7,11,13-14H,3-6,8-10H2,1-2H3/b12-7+. The Bertz CT molecular complexity index is 343. The predicted octanol–water partition coefficient (Wildman–Crippen LogP) is 4.44. The molecule has 94 valence electrons. The number of allylic oxidation sites excluding steroid dienone is 4. The Hall–Kier alpha value is -0.850. The van der Waals surface area contributed by atoms with Crippen LogP contribution in [0.25, 0.3) is 0 Å². The minimum atomic E-state index is 0.378. The van der Waals surface area contributed by atoms with E-state index in [1.54, 1.807) is 0 Å². The Labute approximate surface area is 105 Å². The van der Waals surface area contributed by atoms with Crippen molar-refractivity contribution in [1.82, 2.24) is 0 Å². The van der Waals surface area contributed by atoms with E-state index in [9.17, 15) is 4.79 Å². The molecule has 0 aromatic carbocycles. The third-order valence-electron chi connectivity index (χ3n) is 4.08. The molecule has 0 N–H and O–H groups in total. The maximum absolute atomic E-state index is 12.0. The first kappa shape index (κ1) is 12.6. The summed E-state index contributed by atoms with van der Waals surface area (Å²) in [6.07, 6.45) is 12.9. The third-order valence-corrected chi connectivity index (χ3v) is 4.08. The lowest BCUT2D eigenvalue weighted by molar-refractivity contribution is -0.114. The second-order valence-electron chi connectivity index (χ2n) is 5.60. The van der Waals surface area contributed by atoms with Gasteiger partial charge in [-0.05, 0) is 37.7 Å². The lowest BCUT2D eigenvalue weighted by Crippen LogP contribution is -2.12. The summed E-state index contributed by atoms with van der Waals surface area (Å²) in [5.74, 6) is 1.72. The summed E-state index contributed by atoms with van der Waals surface area (Å²) in [6, 6.07) is 0. The molecule has 0 aromatic rings. The average molecular weight is 232 g/mol. The van der Waals surface area contributed by atoms with E-state index in [1.807, 2.05) is 0 Å². The van der Waals surface area contributed by atoms with Crippen molar-refractivity contribution in [3.05, 3.63) is 23.3 Å². The topological polar surface area (TPSA) is 17.1 Å². The van der Waals surface area contributed by atoms with Gasteiger partial charge in [-0.3, -0.25) is 4.79 Å². The minimum absolute atomic E-state index is 0.378. The quantitative estimate of drug-likeness (QED) is 0.640. The van der Waals surface area contributed by atoms with Gasteiger partial charge in [-0.25, -0.2) is 0 Å². The molecule has 0 aliphatic heterocycles. The molecule has 1 unspecified atom stereocenters.